The molecule has 0 amide bonds. The molecule has 0 unspecified atom stereocenters. The van der Waals surface area contributed by atoms with Gasteiger partial charge in [-0.2, -0.15) is 0 Å². The van der Waals surface area contributed by atoms with E-state index in [9.17, 15) is 0 Å². The second-order valence-electron chi connectivity index (χ2n) is 3.32. The van der Waals surface area contributed by atoms with Crippen molar-refractivity contribution in [2.24, 2.45) is 0 Å². The van der Waals surface area contributed by atoms with Gasteiger partial charge < -0.3 is 14.4 Å². The predicted octanol–water partition coefficient (Wildman–Crippen LogP) is 1.80. The van der Waals surface area contributed by atoms with E-state index in [1.165, 1.54) is 6.42 Å². The molecule has 0 aromatic carbocycles. The molecular weight excluding hydrogens is 178 g/mol. The van der Waals surface area contributed by atoms with Gasteiger partial charge in [-0.25, -0.2) is 0 Å². The van der Waals surface area contributed by atoms with Crippen LogP contribution in [-0.4, -0.2) is 22.9 Å². The summed E-state index contributed by atoms with van der Waals surface area (Å²) in [5.41, 5.74) is 0.948. The largest absolute Gasteiger partial charge is 0.390 e. The molecule has 1 N–H and O–H groups in total. The van der Waals surface area contributed by atoms with Gasteiger partial charge in [-0.05, 0) is 18.6 Å². The highest BCUT2D eigenvalue weighted by Crippen LogP contribution is 2.01. The quantitative estimate of drug-likeness (QED) is 0.676. The van der Waals surface area contributed by atoms with Crippen molar-refractivity contribution in [2.75, 3.05) is 13.2 Å². The molecule has 0 fully saturated rings. The second kappa shape index (κ2) is 6.62. The third-order valence-electron chi connectivity index (χ3n) is 2.20. The van der Waals surface area contributed by atoms with E-state index in [0.29, 0.717) is 0 Å². The van der Waals surface area contributed by atoms with Gasteiger partial charge in [0.2, 0.25) is 0 Å². The molecule has 80 valence electrons. The van der Waals surface area contributed by atoms with Crippen LogP contribution in [0.2, 0.25) is 0 Å². The Morgan fingerprint density at radius 1 is 1.43 bits per heavy atom. The molecule has 0 aliphatic heterocycles. The predicted molar refractivity (Wildman–Crippen MR) is 56.1 cm³/mol. The molecular formula is C11H19NO2. The lowest BCUT2D eigenvalue weighted by atomic mass is 10.4. The van der Waals surface area contributed by atoms with E-state index < -0.39 is 0 Å². The molecule has 3 heteroatoms. The smallest absolute Gasteiger partial charge is 0.0832 e. The van der Waals surface area contributed by atoms with E-state index in [1.54, 1.807) is 0 Å². The molecule has 14 heavy (non-hydrogen) atoms. The van der Waals surface area contributed by atoms with E-state index in [2.05, 4.69) is 6.92 Å². The van der Waals surface area contributed by atoms with Gasteiger partial charge in [0.25, 0.3) is 0 Å². The van der Waals surface area contributed by atoms with E-state index in [1.807, 2.05) is 22.9 Å². The number of aromatic nitrogens is 1. The van der Waals surface area contributed by atoms with Gasteiger partial charge in [0.05, 0.1) is 13.2 Å². The minimum absolute atomic E-state index is 0.0992. The molecule has 0 saturated carbocycles. The molecule has 0 aliphatic rings. The average molecular weight is 197 g/mol. The van der Waals surface area contributed by atoms with E-state index in [0.717, 1.165) is 31.9 Å². The molecule has 3 nitrogen and oxygen atoms in total. The van der Waals surface area contributed by atoms with Gasteiger partial charge in [-0.3, -0.25) is 0 Å². The molecule has 1 rings (SSSR count). The van der Waals surface area contributed by atoms with Crippen LogP contribution >= 0.6 is 0 Å². The zero-order valence-electron chi connectivity index (χ0n) is 8.78. The number of unbranched alkanes of at least 4 members (excludes halogenated alkanes) is 1. The summed E-state index contributed by atoms with van der Waals surface area (Å²) in [6.45, 7) is 4.64. The molecule has 0 saturated heterocycles. The molecule has 1 aromatic heterocycles. The monoisotopic (exact) mass is 197 g/mol. The van der Waals surface area contributed by atoms with E-state index in [-0.39, 0.29) is 6.61 Å². The highest BCUT2D eigenvalue weighted by Gasteiger charge is 1.97. The maximum absolute atomic E-state index is 8.99. The second-order valence-corrected chi connectivity index (χ2v) is 3.32. The Morgan fingerprint density at radius 2 is 2.29 bits per heavy atom. The lowest BCUT2D eigenvalue weighted by molar-refractivity contribution is 0.122. The molecule has 0 atom stereocenters. The highest BCUT2D eigenvalue weighted by atomic mass is 16.5. The van der Waals surface area contributed by atoms with Crippen LogP contribution in [0.25, 0.3) is 0 Å². The zero-order chi connectivity index (χ0) is 10.2. The van der Waals surface area contributed by atoms with Crippen LogP contribution in [0.4, 0.5) is 0 Å². The summed E-state index contributed by atoms with van der Waals surface area (Å²) in [6.07, 6.45) is 4.26. The van der Waals surface area contributed by atoms with Crippen LogP contribution in [0.15, 0.2) is 18.3 Å². The Kier molecular flexibility index (Phi) is 5.33. The number of rotatable bonds is 7. The van der Waals surface area contributed by atoms with Crippen LogP contribution in [-0.2, 0) is 17.9 Å². The lowest BCUT2D eigenvalue weighted by Gasteiger charge is -2.07. The first-order valence-corrected chi connectivity index (χ1v) is 5.21. The molecule has 0 bridgehead atoms. The summed E-state index contributed by atoms with van der Waals surface area (Å²) in [5.74, 6) is 0. The van der Waals surface area contributed by atoms with Crippen molar-refractivity contribution in [1.29, 1.82) is 0 Å². The van der Waals surface area contributed by atoms with Gasteiger partial charge in [0.1, 0.15) is 0 Å². The standard InChI is InChI=1S/C11H19NO2/c1-2-3-8-14-9-7-12-6-4-5-11(12)10-13/h4-6,13H,2-3,7-10H2,1H3. The van der Waals surface area contributed by atoms with Gasteiger partial charge in [0.15, 0.2) is 0 Å². The molecule has 0 aliphatic carbocycles. The van der Waals surface area contributed by atoms with E-state index in [4.69, 9.17) is 9.84 Å². The maximum Gasteiger partial charge on any atom is 0.0832 e. The van der Waals surface area contributed by atoms with Gasteiger partial charge >= 0.3 is 0 Å². The van der Waals surface area contributed by atoms with Crippen molar-refractivity contribution in [2.45, 2.75) is 32.9 Å². The van der Waals surface area contributed by atoms with Crippen molar-refractivity contribution in [3.8, 4) is 0 Å². The Morgan fingerprint density at radius 3 is 3.00 bits per heavy atom. The minimum Gasteiger partial charge on any atom is -0.390 e. The summed E-state index contributed by atoms with van der Waals surface area (Å²) < 4.78 is 7.46. The van der Waals surface area contributed by atoms with E-state index >= 15 is 0 Å². The van der Waals surface area contributed by atoms with Gasteiger partial charge in [-0.1, -0.05) is 13.3 Å². The van der Waals surface area contributed by atoms with Crippen LogP contribution in [0, 0.1) is 0 Å². The average Bonchev–Trinajstić information content (AvgIpc) is 2.65. The number of aliphatic hydroxyl groups excluding tert-OH is 1. The first-order chi connectivity index (χ1) is 6.88. The zero-order valence-corrected chi connectivity index (χ0v) is 8.78. The van der Waals surface area contributed by atoms with Crippen LogP contribution in [0.3, 0.4) is 0 Å². The van der Waals surface area contributed by atoms with Crippen LogP contribution < -0.4 is 0 Å². The first kappa shape index (κ1) is 11.3. The number of aliphatic hydroxyl groups is 1. The Bertz CT molecular complexity index is 245. The number of ether oxygens (including phenoxy) is 1. The lowest BCUT2D eigenvalue weighted by Crippen LogP contribution is -2.08. The van der Waals surface area contributed by atoms with Crippen molar-refractivity contribution in [3.63, 3.8) is 0 Å². The summed E-state index contributed by atoms with van der Waals surface area (Å²) in [5, 5.41) is 8.99. The fourth-order valence-electron chi connectivity index (χ4n) is 1.32. The normalized spacial score (nSPS) is 10.7. The first-order valence-electron chi connectivity index (χ1n) is 5.21. The summed E-state index contributed by atoms with van der Waals surface area (Å²) >= 11 is 0. The number of hydrogen-bond donors (Lipinski definition) is 1. The fourth-order valence-corrected chi connectivity index (χ4v) is 1.32. The summed E-state index contributed by atoms with van der Waals surface area (Å²) in [6, 6.07) is 3.86. The third-order valence-corrected chi connectivity index (χ3v) is 2.20. The Labute approximate surface area is 85.3 Å². The molecule has 1 heterocycles. The van der Waals surface area contributed by atoms with Gasteiger partial charge in [-0.15, -0.1) is 0 Å². The third kappa shape index (κ3) is 3.52. The SMILES string of the molecule is CCCCOCCn1cccc1CO. The van der Waals surface area contributed by atoms with Crippen LogP contribution in [0.1, 0.15) is 25.5 Å². The molecule has 0 spiro atoms. The Balaban J connectivity index is 2.17. The minimum atomic E-state index is 0.0992. The van der Waals surface area contributed by atoms with Crippen molar-refractivity contribution in [1.82, 2.24) is 4.57 Å². The van der Waals surface area contributed by atoms with Crippen molar-refractivity contribution in [3.05, 3.63) is 24.0 Å². The topological polar surface area (TPSA) is 34.4 Å². The molecule has 1 aromatic rings. The highest BCUT2D eigenvalue weighted by molar-refractivity contribution is 5.05. The van der Waals surface area contributed by atoms with Gasteiger partial charge in [0, 0.05) is 25.0 Å². The van der Waals surface area contributed by atoms with Crippen molar-refractivity contribution >= 4 is 0 Å². The number of nitrogens with zero attached hydrogens (tertiary/aromatic N) is 1. The maximum atomic E-state index is 8.99. The summed E-state index contributed by atoms with van der Waals surface area (Å²) in [4.78, 5) is 0. The fraction of sp³-hybridized carbons (Fsp3) is 0.636. The molecule has 0 radical (unpaired) electrons. The number of hydrogen-bond acceptors (Lipinski definition) is 2. The van der Waals surface area contributed by atoms with Crippen LogP contribution in [0.5, 0.6) is 0 Å². The Hall–Kier alpha value is -0.800. The van der Waals surface area contributed by atoms with Crippen molar-refractivity contribution < 1.29 is 9.84 Å². The summed E-state index contributed by atoms with van der Waals surface area (Å²) in [7, 11) is 0.